The molecule has 0 atom stereocenters. The topological polar surface area (TPSA) is 57.7 Å². The van der Waals surface area contributed by atoms with Gasteiger partial charge in [0.25, 0.3) is 5.91 Å². The van der Waals surface area contributed by atoms with Crippen molar-refractivity contribution in [2.75, 3.05) is 18.0 Å². The first-order valence-corrected chi connectivity index (χ1v) is 11.6. The predicted octanol–water partition coefficient (Wildman–Crippen LogP) is 4.27. The molecule has 3 aromatic carbocycles. The third kappa shape index (κ3) is 4.31. The highest BCUT2D eigenvalue weighted by Gasteiger charge is 2.26. The quantitative estimate of drug-likeness (QED) is 0.524. The summed E-state index contributed by atoms with van der Waals surface area (Å²) in [7, 11) is -3.65. The molecule has 1 aliphatic heterocycles. The Labute approximate surface area is 183 Å². The summed E-state index contributed by atoms with van der Waals surface area (Å²) in [6.07, 6.45) is 2.43. The lowest BCUT2D eigenvalue weighted by molar-refractivity contribution is 0.0989. The van der Waals surface area contributed by atoms with E-state index >= 15 is 0 Å². The van der Waals surface area contributed by atoms with Gasteiger partial charge in [0.15, 0.2) is 0 Å². The van der Waals surface area contributed by atoms with E-state index in [1.165, 1.54) is 9.87 Å². The molecule has 0 spiro atoms. The minimum Gasteiger partial charge on any atom is -0.308 e. The van der Waals surface area contributed by atoms with Gasteiger partial charge in [-0.15, -0.1) is 6.58 Å². The van der Waals surface area contributed by atoms with Crippen molar-refractivity contribution in [1.29, 1.82) is 0 Å². The highest BCUT2D eigenvalue weighted by molar-refractivity contribution is 7.89. The second kappa shape index (κ2) is 8.88. The van der Waals surface area contributed by atoms with E-state index in [2.05, 4.69) is 6.58 Å². The average molecular weight is 433 g/mol. The number of nitrogens with zero attached hydrogens (tertiary/aromatic N) is 2. The Kier molecular flexibility index (Phi) is 6.02. The normalized spacial score (nSPS) is 13.3. The summed E-state index contributed by atoms with van der Waals surface area (Å²) in [6.45, 7) is 4.76. The Balaban J connectivity index is 1.52. The first-order valence-electron chi connectivity index (χ1n) is 10.2. The van der Waals surface area contributed by atoms with Crippen molar-refractivity contribution in [2.45, 2.75) is 17.9 Å². The van der Waals surface area contributed by atoms with Crippen LogP contribution in [0.3, 0.4) is 0 Å². The molecule has 0 unspecified atom stereocenters. The van der Waals surface area contributed by atoms with Crippen LogP contribution in [0.5, 0.6) is 0 Å². The summed E-state index contributed by atoms with van der Waals surface area (Å²) in [5, 5.41) is 0. The van der Waals surface area contributed by atoms with Crippen molar-refractivity contribution in [2.24, 2.45) is 0 Å². The number of carbonyl (C=O) groups is 1. The lowest BCUT2D eigenvalue weighted by atomic mass is 10.1. The number of sulfonamides is 1. The van der Waals surface area contributed by atoms with E-state index in [4.69, 9.17) is 0 Å². The molecule has 1 heterocycles. The van der Waals surface area contributed by atoms with E-state index in [0.717, 1.165) is 17.7 Å². The highest BCUT2D eigenvalue weighted by Crippen LogP contribution is 2.29. The zero-order valence-electron chi connectivity index (χ0n) is 17.1. The number of rotatable bonds is 7. The number of hydrogen-bond acceptors (Lipinski definition) is 3. The van der Waals surface area contributed by atoms with Gasteiger partial charge in [0, 0.05) is 30.9 Å². The van der Waals surface area contributed by atoms with Crippen molar-refractivity contribution in [1.82, 2.24) is 4.31 Å². The lowest BCUT2D eigenvalue weighted by Gasteiger charge is -2.21. The summed E-state index contributed by atoms with van der Waals surface area (Å²) < 4.78 is 27.4. The van der Waals surface area contributed by atoms with Crippen LogP contribution in [0.2, 0.25) is 0 Å². The molecule has 0 N–H and O–H groups in total. The molecule has 158 valence electrons. The summed E-state index contributed by atoms with van der Waals surface area (Å²) in [5.74, 6) is -0.0450. The fraction of sp³-hybridized carbons (Fsp3) is 0.160. The Bertz CT molecular complexity index is 1190. The molecular weight excluding hydrogens is 408 g/mol. The number of fused-ring (bicyclic) bond motifs is 1. The number of hydrogen-bond donors (Lipinski definition) is 0. The van der Waals surface area contributed by atoms with Crippen molar-refractivity contribution >= 4 is 21.6 Å². The molecule has 0 saturated heterocycles. The van der Waals surface area contributed by atoms with Crippen LogP contribution in [0.15, 0.2) is 96.4 Å². The maximum absolute atomic E-state index is 13.0. The highest BCUT2D eigenvalue weighted by atomic mass is 32.2. The molecule has 31 heavy (non-hydrogen) atoms. The van der Waals surface area contributed by atoms with Gasteiger partial charge >= 0.3 is 0 Å². The fourth-order valence-corrected chi connectivity index (χ4v) is 5.21. The zero-order valence-corrected chi connectivity index (χ0v) is 18.0. The van der Waals surface area contributed by atoms with E-state index in [-0.39, 0.29) is 23.9 Å². The predicted molar refractivity (Wildman–Crippen MR) is 122 cm³/mol. The van der Waals surface area contributed by atoms with Crippen LogP contribution < -0.4 is 4.90 Å². The van der Waals surface area contributed by atoms with Crippen LogP contribution in [-0.4, -0.2) is 31.7 Å². The molecule has 0 bridgehead atoms. The first kappa shape index (κ1) is 21.0. The minimum absolute atomic E-state index is 0.0450. The summed E-state index contributed by atoms with van der Waals surface area (Å²) in [6, 6.07) is 23.5. The van der Waals surface area contributed by atoms with Crippen LogP contribution in [-0.2, 0) is 23.0 Å². The van der Waals surface area contributed by atoms with E-state index in [1.54, 1.807) is 53.4 Å². The van der Waals surface area contributed by atoms with Crippen LogP contribution >= 0.6 is 0 Å². The second-order valence-corrected chi connectivity index (χ2v) is 9.37. The van der Waals surface area contributed by atoms with Gasteiger partial charge in [0.2, 0.25) is 10.0 Å². The summed E-state index contributed by atoms with van der Waals surface area (Å²) in [4.78, 5) is 15.0. The molecule has 3 aromatic rings. The van der Waals surface area contributed by atoms with Crippen LogP contribution in [0.4, 0.5) is 5.69 Å². The van der Waals surface area contributed by atoms with Gasteiger partial charge in [-0.25, -0.2) is 8.42 Å². The van der Waals surface area contributed by atoms with E-state index in [0.29, 0.717) is 12.1 Å². The first-order chi connectivity index (χ1) is 15.0. The molecule has 0 saturated carbocycles. The van der Waals surface area contributed by atoms with Crippen LogP contribution in [0.1, 0.15) is 21.5 Å². The van der Waals surface area contributed by atoms with Crippen molar-refractivity contribution in [3.63, 3.8) is 0 Å². The Morgan fingerprint density at radius 2 is 1.65 bits per heavy atom. The monoisotopic (exact) mass is 432 g/mol. The number of benzene rings is 3. The Morgan fingerprint density at radius 3 is 2.35 bits per heavy atom. The number of para-hydroxylation sites is 1. The molecule has 1 amide bonds. The maximum atomic E-state index is 13.0. The van der Waals surface area contributed by atoms with Gasteiger partial charge in [-0.1, -0.05) is 54.6 Å². The van der Waals surface area contributed by atoms with Gasteiger partial charge in [0.1, 0.15) is 0 Å². The van der Waals surface area contributed by atoms with Gasteiger partial charge in [-0.05, 0) is 47.9 Å². The van der Waals surface area contributed by atoms with Crippen LogP contribution in [0, 0.1) is 0 Å². The largest absolute Gasteiger partial charge is 0.308 e. The fourth-order valence-electron chi connectivity index (χ4n) is 3.79. The number of anilines is 1. The van der Waals surface area contributed by atoms with Crippen LogP contribution in [0.25, 0.3) is 0 Å². The lowest BCUT2D eigenvalue weighted by Crippen LogP contribution is -2.31. The number of carbonyl (C=O) groups excluding carboxylic acids is 1. The number of amides is 1. The third-order valence-corrected chi connectivity index (χ3v) is 7.23. The molecule has 4 rings (SSSR count). The average Bonchev–Trinajstić information content (AvgIpc) is 3.23. The third-order valence-electron chi connectivity index (χ3n) is 5.41. The maximum Gasteiger partial charge on any atom is 0.258 e. The standard InChI is InChI=1S/C25H24N2O3S/c1-2-17-26(31(29,30)23-9-4-3-5-10-23)19-20-12-14-22(15-13-20)25(28)27-18-16-21-8-6-7-11-24(21)27/h2-15H,1,16-19H2. The van der Waals surface area contributed by atoms with Crippen molar-refractivity contribution in [3.8, 4) is 0 Å². The molecule has 1 aliphatic rings. The SMILES string of the molecule is C=CCN(Cc1ccc(C(=O)N2CCc3ccccc32)cc1)S(=O)(=O)c1ccccc1. The molecule has 0 radical (unpaired) electrons. The molecule has 0 aliphatic carbocycles. The molecular formula is C25H24N2O3S. The smallest absolute Gasteiger partial charge is 0.258 e. The zero-order chi connectivity index (χ0) is 21.8. The minimum atomic E-state index is -3.65. The molecule has 5 nitrogen and oxygen atoms in total. The Morgan fingerprint density at radius 1 is 0.968 bits per heavy atom. The molecule has 6 heteroatoms. The molecule has 0 fully saturated rings. The van der Waals surface area contributed by atoms with E-state index in [1.807, 2.05) is 36.4 Å². The van der Waals surface area contributed by atoms with E-state index < -0.39 is 10.0 Å². The summed E-state index contributed by atoms with van der Waals surface area (Å²) in [5.41, 5.74) is 3.53. The van der Waals surface area contributed by atoms with Gasteiger partial charge in [0.05, 0.1) is 4.90 Å². The van der Waals surface area contributed by atoms with Crippen molar-refractivity contribution < 1.29 is 13.2 Å². The Hall–Kier alpha value is -3.22. The second-order valence-electron chi connectivity index (χ2n) is 7.43. The van der Waals surface area contributed by atoms with Gasteiger partial charge in [-0.2, -0.15) is 4.31 Å². The molecule has 0 aromatic heterocycles. The van der Waals surface area contributed by atoms with Crippen molar-refractivity contribution in [3.05, 3.63) is 108 Å². The van der Waals surface area contributed by atoms with Gasteiger partial charge < -0.3 is 4.90 Å². The summed E-state index contributed by atoms with van der Waals surface area (Å²) >= 11 is 0. The van der Waals surface area contributed by atoms with E-state index in [9.17, 15) is 13.2 Å². The van der Waals surface area contributed by atoms with Gasteiger partial charge in [-0.3, -0.25) is 4.79 Å².